The highest BCUT2D eigenvalue weighted by atomic mass is 15.3. The molecule has 4 heteroatoms. The zero-order valence-electron chi connectivity index (χ0n) is 16.4. The quantitative estimate of drug-likeness (QED) is 0.683. The van der Waals surface area contributed by atoms with Gasteiger partial charge in [0.05, 0.1) is 16.9 Å². The van der Waals surface area contributed by atoms with Crippen LogP contribution in [0.25, 0.3) is 10.9 Å². The molecule has 1 fully saturated rings. The molecular weight excluding hydrogens is 344 g/mol. The van der Waals surface area contributed by atoms with Gasteiger partial charge in [0.1, 0.15) is 0 Å². The van der Waals surface area contributed by atoms with E-state index in [9.17, 15) is 0 Å². The molecule has 0 N–H and O–H groups in total. The van der Waals surface area contributed by atoms with Crippen LogP contribution < -0.4 is 9.80 Å². The molecule has 28 heavy (non-hydrogen) atoms. The number of piperidine rings is 1. The van der Waals surface area contributed by atoms with Crippen molar-refractivity contribution in [3.8, 4) is 0 Å². The van der Waals surface area contributed by atoms with Gasteiger partial charge in [-0.1, -0.05) is 36.4 Å². The first-order valence-electron chi connectivity index (χ1n) is 10.5. The Morgan fingerprint density at radius 2 is 1.89 bits per heavy atom. The number of benzene rings is 2. The van der Waals surface area contributed by atoms with E-state index in [-0.39, 0.29) is 0 Å². The topological polar surface area (TPSA) is 22.6 Å². The summed E-state index contributed by atoms with van der Waals surface area (Å²) in [5.74, 6) is 0.623. The lowest BCUT2D eigenvalue weighted by Crippen LogP contribution is -2.49. The number of rotatable bonds is 2. The Morgan fingerprint density at radius 1 is 1.00 bits per heavy atom. The molecule has 3 aliphatic heterocycles. The average molecular weight is 371 g/mol. The van der Waals surface area contributed by atoms with Gasteiger partial charge in [0.2, 0.25) is 0 Å². The Bertz CT molecular complexity index is 1040. The summed E-state index contributed by atoms with van der Waals surface area (Å²) in [7, 11) is 2.23. The van der Waals surface area contributed by atoms with Gasteiger partial charge >= 0.3 is 0 Å². The van der Waals surface area contributed by atoms with E-state index in [0.29, 0.717) is 12.0 Å². The van der Waals surface area contributed by atoms with E-state index in [0.717, 1.165) is 31.7 Å². The number of pyridine rings is 1. The Balaban J connectivity index is 1.31. The molecule has 0 amide bonds. The highest BCUT2D eigenvalue weighted by Crippen LogP contribution is 2.50. The van der Waals surface area contributed by atoms with Crippen LogP contribution in [0.1, 0.15) is 23.5 Å². The monoisotopic (exact) mass is 370 g/mol. The van der Waals surface area contributed by atoms with Crippen molar-refractivity contribution in [1.29, 1.82) is 0 Å². The van der Waals surface area contributed by atoms with Gasteiger partial charge in [0, 0.05) is 63.3 Å². The van der Waals surface area contributed by atoms with Gasteiger partial charge in [-0.3, -0.25) is 9.88 Å². The predicted octanol–water partition coefficient (Wildman–Crippen LogP) is 3.86. The molecule has 1 saturated heterocycles. The number of aromatic nitrogens is 1. The Hall–Kier alpha value is -2.59. The zero-order valence-corrected chi connectivity index (χ0v) is 16.4. The van der Waals surface area contributed by atoms with E-state index in [1.54, 1.807) is 5.56 Å². The highest BCUT2D eigenvalue weighted by molar-refractivity contribution is 5.82. The third-order valence-electron chi connectivity index (χ3n) is 6.99. The van der Waals surface area contributed by atoms with E-state index in [2.05, 4.69) is 69.2 Å². The maximum atomic E-state index is 4.66. The number of hydrogen-bond donors (Lipinski definition) is 0. The fourth-order valence-electron chi connectivity index (χ4n) is 5.66. The maximum Gasteiger partial charge on any atom is 0.0746 e. The number of anilines is 2. The second-order valence-electron chi connectivity index (χ2n) is 8.52. The lowest BCUT2D eigenvalue weighted by atomic mass is 9.88. The molecule has 2 atom stereocenters. The summed E-state index contributed by atoms with van der Waals surface area (Å²) in [4.78, 5) is 12.4. The molecule has 3 aliphatic rings. The summed E-state index contributed by atoms with van der Waals surface area (Å²) in [5.41, 5.74) is 7.00. The van der Waals surface area contributed by atoms with Gasteiger partial charge in [0.25, 0.3) is 0 Å². The summed E-state index contributed by atoms with van der Waals surface area (Å²) in [5, 5.41) is 1.24. The Kier molecular flexibility index (Phi) is 3.63. The molecule has 0 saturated carbocycles. The Morgan fingerprint density at radius 3 is 2.86 bits per heavy atom. The van der Waals surface area contributed by atoms with Crippen LogP contribution in [0.4, 0.5) is 11.4 Å². The van der Waals surface area contributed by atoms with Crippen molar-refractivity contribution in [2.75, 3.05) is 43.0 Å². The molecule has 4 heterocycles. The van der Waals surface area contributed by atoms with Gasteiger partial charge in [-0.05, 0) is 29.7 Å². The van der Waals surface area contributed by atoms with Crippen molar-refractivity contribution < 1.29 is 0 Å². The molecule has 0 aliphatic carbocycles. The summed E-state index contributed by atoms with van der Waals surface area (Å²) < 4.78 is 0. The molecule has 0 spiro atoms. The lowest BCUT2D eigenvalue weighted by molar-refractivity contribution is 0.186. The van der Waals surface area contributed by atoms with E-state index in [1.807, 2.05) is 12.3 Å². The van der Waals surface area contributed by atoms with Gasteiger partial charge in [-0.15, -0.1) is 0 Å². The van der Waals surface area contributed by atoms with Crippen molar-refractivity contribution >= 4 is 22.3 Å². The number of likely N-dealkylation sites (tertiary alicyclic amines) is 1. The van der Waals surface area contributed by atoms with E-state index in [1.165, 1.54) is 35.3 Å². The van der Waals surface area contributed by atoms with Crippen LogP contribution in [0, 0.1) is 0 Å². The lowest BCUT2D eigenvalue weighted by Gasteiger charge is -2.41. The first kappa shape index (κ1) is 16.4. The summed E-state index contributed by atoms with van der Waals surface area (Å²) in [6.07, 6.45) is 3.16. The van der Waals surface area contributed by atoms with Crippen LogP contribution in [0.3, 0.4) is 0 Å². The van der Waals surface area contributed by atoms with Crippen molar-refractivity contribution in [2.24, 2.45) is 0 Å². The molecule has 1 aromatic heterocycles. The molecule has 142 valence electrons. The number of fused-ring (bicyclic) bond motifs is 4. The van der Waals surface area contributed by atoms with Crippen molar-refractivity contribution in [1.82, 2.24) is 9.88 Å². The van der Waals surface area contributed by atoms with E-state index in [4.69, 9.17) is 0 Å². The fraction of sp³-hybridized carbons (Fsp3) is 0.375. The SMILES string of the molecule is CN1CCN2c3c(cccc31)C1CN(Cc3cccc4cccnc34)CCC12. The summed E-state index contributed by atoms with van der Waals surface area (Å²) in [6, 6.07) is 18.4. The third kappa shape index (κ3) is 2.37. The first-order valence-corrected chi connectivity index (χ1v) is 10.5. The molecule has 4 nitrogen and oxygen atoms in total. The summed E-state index contributed by atoms with van der Waals surface area (Å²) >= 11 is 0. The highest BCUT2D eigenvalue weighted by Gasteiger charge is 2.44. The number of para-hydroxylation sites is 2. The van der Waals surface area contributed by atoms with E-state index < -0.39 is 0 Å². The van der Waals surface area contributed by atoms with Crippen LogP contribution in [-0.4, -0.2) is 49.2 Å². The second kappa shape index (κ2) is 6.21. The minimum absolute atomic E-state index is 0.623. The fourth-order valence-corrected chi connectivity index (χ4v) is 5.66. The van der Waals surface area contributed by atoms with Crippen molar-refractivity contribution in [2.45, 2.75) is 24.9 Å². The molecule has 2 aromatic carbocycles. The molecular formula is C24H26N4. The Labute approximate surface area is 166 Å². The average Bonchev–Trinajstić information content (AvgIpc) is 3.06. The minimum atomic E-state index is 0.623. The smallest absolute Gasteiger partial charge is 0.0746 e. The largest absolute Gasteiger partial charge is 0.371 e. The van der Waals surface area contributed by atoms with Gasteiger partial charge < -0.3 is 9.80 Å². The van der Waals surface area contributed by atoms with Gasteiger partial charge in [0.15, 0.2) is 0 Å². The zero-order chi connectivity index (χ0) is 18.7. The second-order valence-corrected chi connectivity index (χ2v) is 8.52. The molecule has 3 aromatic rings. The number of hydrogen-bond acceptors (Lipinski definition) is 4. The van der Waals surface area contributed by atoms with Gasteiger partial charge in [-0.2, -0.15) is 0 Å². The van der Waals surface area contributed by atoms with Crippen LogP contribution in [0.2, 0.25) is 0 Å². The first-order chi connectivity index (χ1) is 13.8. The van der Waals surface area contributed by atoms with Gasteiger partial charge in [-0.25, -0.2) is 0 Å². The van der Waals surface area contributed by atoms with Crippen LogP contribution >= 0.6 is 0 Å². The van der Waals surface area contributed by atoms with E-state index >= 15 is 0 Å². The maximum absolute atomic E-state index is 4.66. The normalized spacial score (nSPS) is 23.8. The molecule has 0 radical (unpaired) electrons. The molecule has 0 bridgehead atoms. The third-order valence-corrected chi connectivity index (χ3v) is 6.99. The number of likely N-dealkylation sites (N-methyl/N-ethyl adjacent to an activating group) is 1. The van der Waals surface area contributed by atoms with Crippen molar-refractivity contribution in [3.63, 3.8) is 0 Å². The van der Waals surface area contributed by atoms with Crippen molar-refractivity contribution in [3.05, 3.63) is 65.9 Å². The van der Waals surface area contributed by atoms with Crippen LogP contribution in [0.15, 0.2) is 54.7 Å². The molecule has 6 rings (SSSR count). The standard InChI is InChI=1S/C24H26N4/c1-26-13-14-28-21-10-12-27(16-20(21)19-8-3-9-22(26)24(19)28)15-18-6-2-5-17-7-4-11-25-23(17)18/h2-9,11,20-21H,10,12-16H2,1H3. The summed E-state index contributed by atoms with van der Waals surface area (Å²) in [6.45, 7) is 5.59. The predicted molar refractivity (Wildman–Crippen MR) is 115 cm³/mol. The minimum Gasteiger partial charge on any atom is -0.371 e. The van der Waals surface area contributed by atoms with Crippen LogP contribution in [-0.2, 0) is 6.54 Å². The van der Waals surface area contributed by atoms with Crippen LogP contribution in [0.5, 0.6) is 0 Å². The number of nitrogens with zero attached hydrogens (tertiary/aromatic N) is 4. The molecule has 2 unspecified atom stereocenters.